The fourth-order valence-electron chi connectivity index (χ4n) is 2.25. The fourth-order valence-corrected chi connectivity index (χ4v) is 2.25. The summed E-state index contributed by atoms with van der Waals surface area (Å²) in [6.45, 7) is 6.99. The van der Waals surface area contributed by atoms with Crippen molar-refractivity contribution in [1.82, 2.24) is 10.6 Å². The van der Waals surface area contributed by atoms with Crippen LogP contribution in [0.15, 0.2) is 65.8 Å². The molecule has 33 heavy (non-hydrogen) atoms. The third-order valence-corrected chi connectivity index (χ3v) is 3.95. The van der Waals surface area contributed by atoms with E-state index in [1.807, 2.05) is 60.7 Å². The zero-order valence-electron chi connectivity index (χ0n) is 19.3. The van der Waals surface area contributed by atoms with Crippen molar-refractivity contribution >= 4 is 24.7 Å². The van der Waals surface area contributed by atoms with Gasteiger partial charge < -0.3 is 30.1 Å². The van der Waals surface area contributed by atoms with Crippen LogP contribution in [-0.4, -0.2) is 41.0 Å². The molecular weight excluding hydrogens is 426 g/mol. The first-order chi connectivity index (χ1) is 15.6. The lowest BCUT2D eigenvalue weighted by Crippen LogP contribution is -2.44. The number of nitrogens with one attached hydrogen (secondary N) is 2. The molecule has 0 aliphatic heterocycles. The second-order valence-corrected chi connectivity index (χ2v) is 8.18. The molecule has 0 radical (unpaired) electrons. The highest BCUT2D eigenvalue weighted by molar-refractivity contribution is 5.77. The van der Waals surface area contributed by atoms with Crippen molar-refractivity contribution in [2.45, 2.75) is 52.0 Å². The molecule has 3 N–H and O–H groups in total. The normalized spacial score (nSPS) is 11.0. The van der Waals surface area contributed by atoms with Gasteiger partial charge in [-0.15, -0.1) is 0 Å². The molecule has 0 unspecified atom stereocenters. The highest BCUT2D eigenvalue weighted by Crippen LogP contribution is 2.04. The minimum Gasteiger partial charge on any atom is -0.445 e. The third-order valence-electron chi connectivity index (χ3n) is 3.95. The Kier molecular flexibility index (Phi) is 11.1. The van der Waals surface area contributed by atoms with Gasteiger partial charge in [0.05, 0.1) is 17.3 Å². The summed E-state index contributed by atoms with van der Waals surface area (Å²) in [6.07, 6.45) is 0.729. The molecule has 178 valence electrons. The van der Waals surface area contributed by atoms with E-state index < -0.39 is 23.3 Å². The first kappa shape index (κ1) is 27.2. The molecule has 0 atom stereocenters. The van der Waals surface area contributed by atoms with Crippen molar-refractivity contribution < 1.29 is 29.1 Å². The Hall–Kier alpha value is -3.88. The molecule has 0 aliphatic carbocycles. The summed E-state index contributed by atoms with van der Waals surface area (Å²) in [5.41, 5.74) is 0.175. The highest BCUT2D eigenvalue weighted by atomic mass is 16.6. The van der Waals surface area contributed by atoms with E-state index in [4.69, 9.17) is 14.7 Å². The van der Waals surface area contributed by atoms with Gasteiger partial charge in [0.1, 0.15) is 19.5 Å². The topological polar surface area (TPSA) is 126 Å². The van der Waals surface area contributed by atoms with Gasteiger partial charge in [-0.3, -0.25) is 0 Å². The number of nitrogens with zero attached hydrogens (tertiary/aromatic N) is 1. The number of alkyl carbamates (subject to hydrolysis) is 2. The maximum atomic E-state index is 11.4. The Morgan fingerprint density at radius 1 is 0.818 bits per heavy atom. The van der Waals surface area contributed by atoms with Crippen molar-refractivity contribution in [3.63, 3.8) is 0 Å². The number of benzene rings is 2. The Morgan fingerprint density at radius 3 is 1.58 bits per heavy atom. The van der Waals surface area contributed by atoms with Gasteiger partial charge in [0.15, 0.2) is 0 Å². The summed E-state index contributed by atoms with van der Waals surface area (Å²) in [5.74, 6) is 0. The van der Waals surface area contributed by atoms with E-state index in [1.54, 1.807) is 27.7 Å². The van der Waals surface area contributed by atoms with Crippen LogP contribution >= 0.6 is 0 Å². The van der Waals surface area contributed by atoms with E-state index in [9.17, 15) is 14.4 Å². The Bertz CT molecular complexity index is 899. The van der Waals surface area contributed by atoms with Gasteiger partial charge >= 0.3 is 12.2 Å². The van der Waals surface area contributed by atoms with E-state index >= 15 is 0 Å². The first-order valence-electron chi connectivity index (χ1n) is 10.2. The van der Waals surface area contributed by atoms with Crippen LogP contribution in [0.1, 0.15) is 38.8 Å². The Balaban J connectivity index is 0.000000331. The molecule has 2 aromatic rings. The molecule has 9 heteroatoms. The molecule has 9 nitrogen and oxygen atoms in total. The zero-order valence-corrected chi connectivity index (χ0v) is 19.3. The Morgan fingerprint density at radius 2 is 1.21 bits per heavy atom. The van der Waals surface area contributed by atoms with Gasteiger partial charge in [0.25, 0.3) is 0 Å². The fraction of sp³-hybridized carbons (Fsp3) is 0.333. The standard InChI is InChI=1S/C12H16N2O3.C12H15NO3/c1-12(2,9-13-16)14-11(15)17-8-10-6-4-3-5-7-10;1-12(2,9-14)13-11(15)16-8-10-6-4-3-5-7-10/h3-7,9,16H,8H2,1-2H3,(H,14,15);3-7,9H,8H2,1-2H3,(H,13,15)/b13-9+;. The lowest BCUT2D eigenvalue weighted by atomic mass is 10.1. The largest absolute Gasteiger partial charge is 0.445 e. The first-order valence-corrected chi connectivity index (χ1v) is 10.2. The summed E-state index contributed by atoms with van der Waals surface area (Å²) in [5, 5.41) is 16.3. The van der Waals surface area contributed by atoms with E-state index in [0.29, 0.717) is 6.29 Å². The number of amides is 2. The van der Waals surface area contributed by atoms with Crippen molar-refractivity contribution in [2.24, 2.45) is 5.16 Å². The van der Waals surface area contributed by atoms with Crippen LogP contribution in [-0.2, 0) is 27.5 Å². The van der Waals surface area contributed by atoms with Gasteiger partial charge in [-0.05, 0) is 38.8 Å². The van der Waals surface area contributed by atoms with E-state index in [-0.39, 0.29) is 13.2 Å². The minimum atomic E-state index is -0.895. The summed E-state index contributed by atoms with van der Waals surface area (Å²) >= 11 is 0. The zero-order chi connectivity index (χ0) is 24.7. The Labute approximate surface area is 193 Å². The second kappa shape index (κ2) is 13.5. The van der Waals surface area contributed by atoms with Crippen LogP contribution < -0.4 is 10.6 Å². The maximum absolute atomic E-state index is 11.4. The van der Waals surface area contributed by atoms with Gasteiger partial charge in [0, 0.05) is 0 Å². The molecule has 0 heterocycles. The van der Waals surface area contributed by atoms with Gasteiger partial charge in [-0.1, -0.05) is 65.8 Å². The van der Waals surface area contributed by atoms with Crippen LogP contribution in [0.3, 0.4) is 0 Å². The quantitative estimate of drug-likeness (QED) is 0.238. The summed E-state index contributed by atoms with van der Waals surface area (Å²) in [7, 11) is 0. The number of oxime groups is 1. The minimum absolute atomic E-state index is 0.196. The molecule has 0 spiro atoms. The van der Waals surface area contributed by atoms with E-state index in [2.05, 4.69) is 15.8 Å². The maximum Gasteiger partial charge on any atom is 0.408 e. The molecule has 0 bridgehead atoms. The van der Waals surface area contributed by atoms with Crippen molar-refractivity contribution in [1.29, 1.82) is 0 Å². The van der Waals surface area contributed by atoms with Crippen molar-refractivity contribution in [3.05, 3.63) is 71.8 Å². The van der Waals surface area contributed by atoms with Crippen LogP contribution in [0.5, 0.6) is 0 Å². The van der Waals surface area contributed by atoms with Crippen LogP contribution in [0, 0.1) is 0 Å². The van der Waals surface area contributed by atoms with Crippen LogP contribution in [0.25, 0.3) is 0 Å². The van der Waals surface area contributed by atoms with Crippen molar-refractivity contribution in [3.8, 4) is 0 Å². The van der Waals surface area contributed by atoms with Gasteiger partial charge in [0.2, 0.25) is 0 Å². The van der Waals surface area contributed by atoms with Gasteiger partial charge in [-0.25, -0.2) is 9.59 Å². The lowest BCUT2D eigenvalue weighted by Gasteiger charge is -2.20. The molecule has 2 aromatic carbocycles. The van der Waals surface area contributed by atoms with Crippen molar-refractivity contribution in [2.75, 3.05) is 0 Å². The van der Waals surface area contributed by atoms with Crippen LogP contribution in [0.2, 0.25) is 0 Å². The monoisotopic (exact) mass is 457 g/mol. The molecule has 2 rings (SSSR count). The molecule has 0 fully saturated rings. The van der Waals surface area contributed by atoms with Crippen LogP contribution in [0.4, 0.5) is 9.59 Å². The molecule has 2 amide bonds. The highest BCUT2D eigenvalue weighted by Gasteiger charge is 2.20. The molecule has 0 aromatic heterocycles. The number of hydrogen-bond donors (Lipinski definition) is 3. The smallest absolute Gasteiger partial charge is 0.408 e. The van der Waals surface area contributed by atoms with E-state index in [1.165, 1.54) is 6.21 Å². The number of ether oxygens (including phenoxy) is 2. The average Bonchev–Trinajstić information content (AvgIpc) is 2.77. The number of carbonyl (C=O) groups excluding carboxylic acids is 3. The molecule has 0 aliphatic rings. The van der Waals surface area contributed by atoms with Gasteiger partial charge in [-0.2, -0.15) is 0 Å². The summed E-state index contributed by atoms with van der Waals surface area (Å²) in [4.78, 5) is 33.3. The number of rotatable bonds is 8. The summed E-state index contributed by atoms with van der Waals surface area (Å²) < 4.78 is 9.97. The average molecular weight is 458 g/mol. The summed E-state index contributed by atoms with van der Waals surface area (Å²) in [6, 6.07) is 18.7. The number of hydrogen-bond acceptors (Lipinski definition) is 7. The lowest BCUT2D eigenvalue weighted by molar-refractivity contribution is -0.112. The number of aldehydes is 1. The predicted octanol–water partition coefficient (Wildman–Crippen LogP) is 4.04. The second-order valence-electron chi connectivity index (χ2n) is 8.18. The molecule has 0 saturated carbocycles. The SMILES string of the molecule is CC(C)(/C=N/O)NC(=O)OCc1ccccc1.CC(C)(C=O)NC(=O)OCc1ccccc1. The number of carbonyl (C=O) groups is 3. The third kappa shape index (κ3) is 12.5. The molecular formula is C24H31N3O6. The predicted molar refractivity (Wildman–Crippen MR) is 124 cm³/mol. The molecule has 0 saturated heterocycles. The van der Waals surface area contributed by atoms with E-state index in [0.717, 1.165) is 11.1 Å².